The summed E-state index contributed by atoms with van der Waals surface area (Å²) in [5, 5.41) is 9.43. The van der Waals surface area contributed by atoms with Gasteiger partial charge in [0.15, 0.2) is 0 Å². The number of hydrogen-bond donors (Lipinski definition) is 1. The van der Waals surface area contributed by atoms with Gasteiger partial charge >= 0.3 is 5.97 Å². The van der Waals surface area contributed by atoms with Crippen molar-refractivity contribution in [3.05, 3.63) is 34.1 Å². The van der Waals surface area contributed by atoms with E-state index in [1.165, 1.54) is 6.07 Å². The fraction of sp³-hybridized carbons (Fsp3) is 0.533. The first-order valence-corrected chi connectivity index (χ1v) is 7.61. The molecule has 0 radical (unpaired) electrons. The van der Waals surface area contributed by atoms with E-state index >= 15 is 0 Å². The van der Waals surface area contributed by atoms with Gasteiger partial charge in [0.05, 0.1) is 9.89 Å². The van der Waals surface area contributed by atoms with Crippen LogP contribution in [0, 0.1) is 11.2 Å². The van der Waals surface area contributed by atoms with E-state index < -0.39 is 11.4 Å². The number of benzene rings is 1. The zero-order valence-corrected chi connectivity index (χ0v) is 13.3. The molecule has 2 unspecified atom stereocenters. The number of carbonyl (C=O) groups is 1. The van der Waals surface area contributed by atoms with Crippen molar-refractivity contribution in [2.45, 2.75) is 32.7 Å². The molecule has 110 valence electrons. The van der Waals surface area contributed by atoms with Crippen molar-refractivity contribution >= 4 is 21.9 Å². The van der Waals surface area contributed by atoms with E-state index in [0.29, 0.717) is 23.9 Å². The Bertz CT molecular complexity index is 523. The van der Waals surface area contributed by atoms with Gasteiger partial charge < -0.3 is 5.11 Å². The first kappa shape index (κ1) is 15.4. The van der Waals surface area contributed by atoms with Crippen LogP contribution in [-0.2, 0) is 4.79 Å². The highest BCUT2D eigenvalue weighted by Crippen LogP contribution is 2.38. The number of carboxylic acid groups (broad SMARTS) is 1. The number of rotatable bonds is 4. The molecule has 2 rings (SSSR count). The molecule has 0 bridgehead atoms. The van der Waals surface area contributed by atoms with Crippen LogP contribution in [0.4, 0.5) is 4.39 Å². The zero-order valence-electron chi connectivity index (χ0n) is 11.7. The van der Waals surface area contributed by atoms with Crippen molar-refractivity contribution < 1.29 is 14.3 Å². The SMILES string of the molecule is CCC1(C(=O)O)CCN(C(C)c2ccc(F)c(Br)c2)C1. The Hall–Kier alpha value is -0.940. The van der Waals surface area contributed by atoms with Crippen LogP contribution in [-0.4, -0.2) is 29.1 Å². The zero-order chi connectivity index (χ0) is 14.9. The molecule has 1 aromatic carbocycles. The molecule has 1 N–H and O–H groups in total. The largest absolute Gasteiger partial charge is 0.481 e. The molecule has 0 amide bonds. The summed E-state index contributed by atoms with van der Waals surface area (Å²) in [4.78, 5) is 13.6. The van der Waals surface area contributed by atoms with Crippen LogP contribution in [0.3, 0.4) is 0 Å². The third-order valence-corrected chi connectivity index (χ3v) is 5.10. The number of hydrogen-bond acceptors (Lipinski definition) is 2. The molecule has 1 fully saturated rings. The maximum atomic E-state index is 13.3. The fourth-order valence-electron chi connectivity index (χ4n) is 2.83. The molecule has 0 aliphatic carbocycles. The molecule has 3 nitrogen and oxygen atoms in total. The highest BCUT2D eigenvalue weighted by Gasteiger charge is 2.44. The van der Waals surface area contributed by atoms with Crippen LogP contribution in [0.15, 0.2) is 22.7 Å². The van der Waals surface area contributed by atoms with Gasteiger partial charge in [0.2, 0.25) is 0 Å². The summed E-state index contributed by atoms with van der Waals surface area (Å²) < 4.78 is 13.7. The molecule has 1 aliphatic rings. The van der Waals surface area contributed by atoms with Gasteiger partial charge in [0, 0.05) is 12.6 Å². The minimum atomic E-state index is -0.713. The topological polar surface area (TPSA) is 40.5 Å². The summed E-state index contributed by atoms with van der Waals surface area (Å²) in [6, 6.07) is 5.06. The van der Waals surface area contributed by atoms with Gasteiger partial charge in [-0.25, -0.2) is 4.39 Å². The number of aliphatic carboxylic acids is 1. The molecule has 0 spiro atoms. The minimum Gasteiger partial charge on any atom is -0.481 e. The Morgan fingerprint density at radius 1 is 1.60 bits per heavy atom. The van der Waals surface area contributed by atoms with Crippen LogP contribution in [0.5, 0.6) is 0 Å². The molecule has 1 aliphatic heterocycles. The van der Waals surface area contributed by atoms with Gasteiger partial charge in [-0.15, -0.1) is 0 Å². The van der Waals surface area contributed by atoms with Crippen molar-refractivity contribution in [3.8, 4) is 0 Å². The van der Waals surface area contributed by atoms with Gasteiger partial charge in [0.1, 0.15) is 5.82 Å². The van der Waals surface area contributed by atoms with Crippen molar-refractivity contribution in [2.24, 2.45) is 5.41 Å². The van der Waals surface area contributed by atoms with Gasteiger partial charge in [-0.3, -0.25) is 9.69 Å². The van der Waals surface area contributed by atoms with Crippen LogP contribution in [0.1, 0.15) is 38.3 Å². The Labute approximate surface area is 126 Å². The summed E-state index contributed by atoms with van der Waals surface area (Å²) in [6.45, 7) is 5.27. The Kier molecular flexibility index (Phi) is 4.49. The van der Waals surface area contributed by atoms with E-state index in [9.17, 15) is 14.3 Å². The third kappa shape index (κ3) is 2.74. The maximum absolute atomic E-state index is 13.3. The number of nitrogens with zero attached hydrogens (tertiary/aromatic N) is 1. The van der Waals surface area contributed by atoms with E-state index in [2.05, 4.69) is 20.8 Å². The Morgan fingerprint density at radius 2 is 2.30 bits per heavy atom. The van der Waals surface area contributed by atoms with E-state index in [1.54, 1.807) is 12.1 Å². The van der Waals surface area contributed by atoms with E-state index in [-0.39, 0.29) is 11.9 Å². The lowest BCUT2D eigenvalue weighted by molar-refractivity contribution is -0.148. The first-order valence-electron chi connectivity index (χ1n) is 6.82. The van der Waals surface area contributed by atoms with Gasteiger partial charge in [0.25, 0.3) is 0 Å². The second kappa shape index (κ2) is 5.82. The molecule has 0 aromatic heterocycles. The molecule has 1 saturated heterocycles. The molecule has 20 heavy (non-hydrogen) atoms. The highest BCUT2D eigenvalue weighted by molar-refractivity contribution is 9.10. The van der Waals surface area contributed by atoms with E-state index in [4.69, 9.17) is 0 Å². The van der Waals surface area contributed by atoms with Crippen LogP contribution < -0.4 is 0 Å². The molecular formula is C15H19BrFNO2. The lowest BCUT2D eigenvalue weighted by Gasteiger charge is -2.27. The molecule has 1 aromatic rings. The molecule has 0 saturated carbocycles. The normalized spacial score (nSPS) is 24.8. The number of likely N-dealkylation sites (tertiary alicyclic amines) is 1. The first-order chi connectivity index (χ1) is 9.39. The van der Waals surface area contributed by atoms with Crippen molar-refractivity contribution in [2.75, 3.05) is 13.1 Å². The molecule has 5 heteroatoms. The smallest absolute Gasteiger partial charge is 0.310 e. The van der Waals surface area contributed by atoms with Crippen molar-refractivity contribution in [1.82, 2.24) is 4.90 Å². The minimum absolute atomic E-state index is 0.0830. The summed E-state index contributed by atoms with van der Waals surface area (Å²) in [5.74, 6) is -0.995. The summed E-state index contributed by atoms with van der Waals surface area (Å²) in [5.41, 5.74) is 0.362. The summed E-state index contributed by atoms with van der Waals surface area (Å²) >= 11 is 3.19. The number of halogens is 2. The van der Waals surface area contributed by atoms with Crippen molar-refractivity contribution in [3.63, 3.8) is 0 Å². The Balaban J connectivity index is 2.17. The van der Waals surface area contributed by atoms with Crippen LogP contribution in [0.2, 0.25) is 0 Å². The fourth-order valence-corrected chi connectivity index (χ4v) is 3.23. The van der Waals surface area contributed by atoms with Crippen LogP contribution in [0.25, 0.3) is 0 Å². The summed E-state index contributed by atoms with van der Waals surface area (Å²) in [7, 11) is 0. The second-order valence-electron chi connectivity index (χ2n) is 5.51. The maximum Gasteiger partial charge on any atom is 0.310 e. The predicted octanol–water partition coefficient (Wildman–Crippen LogP) is 3.84. The quantitative estimate of drug-likeness (QED) is 0.902. The molecule has 1 heterocycles. The van der Waals surface area contributed by atoms with Crippen molar-refractivity contribution in [1.29, 1.82) is 0 Å². The highest BCUT2D eigenvalue weighted by atomic mass is 79.9. The monoisotopic (exact) mass is 343 g/mol. The molecule has 2 atom stereocenters. The standard InChI is InChI=1S/C15H19BrFNO2/c1-3-15(14(19)20)6-7-18(9-15)10(2)11-4-5-13(17)12(16)8-11/h4-5,8,10H,3,6-7,9H2,1-2H3,(H,19,20). The van der Waals surface area contributed by atoms with Crippen LogP contribution >= 0.6 is 15.9 Å². The van der Waals surface area contributed by atoms with E-state index in [1.807, 2.05) is 13.8 Å². The Morgan fingerprint density at radius 3 is 2.80 bits per heavy atom. The lowest BCUT2D eigenvalue weighted by Crippen LogP contribution is -2.35. The molecular weight excluding hydrogens is 325 g/mol. The summed E-state index contributed by atoms with van der Waals surface area (Å²) in [6.07, 6.45) is 1.31. The second-order valence-corrected chi connectivity index (χ2v) is 6.36. The van der Waals surface area contributed by atoms with Gasteiger partial charge in [-0.1, -0.05) is 13.0 Å². The lowest BCUT2D eigenvalue weighted by atomic mass is 9.84. The number of carboxylic acids is 1. The van der Waals surface area contributed by atoms with E-state index in [0.717, 1.165) is 12.1 Å². The average molecular weight is 344 g/mol. The van der Waals surface area contributed by atoms with Gasteiger partial charge in [-0.05, 0) is 59.9 Å². The van der Waals surface area contributed by atoms with Gasteiger partial charge in [-0.2, -0.15) is 0 Å². The average Bonchev–Trinajstić information content (AvgIpc) is 2.87. The predicted molar refractivity (Wildman–Crippen MR) is 79.1 cm³/mol. The third-order valence-electron chi connectivity index (χ3n) is 4.49.